The zero-order valence-corrected chi connectivity index (χ0v) is 16.9. The second kappa shape index (κ2) is 8.24. The van der Waals surface area contributed by atoms with Gasteiger partial charge in [-0.15, -0.1) is 12.4 Å². The molecule has 0 aliphatic carbocycles. The Balaban J connectivity index is 0.00000210. The van der Waals surface area contributed by atoms with E-state index in [2.05, 4.69) is 41.1 Å². The van der Waals surface area contributed by atoms with Gasteiger partial charge >= 0.3 is 0 Å². The number of carbonyl (C=O) groups is 1. The first kappa shape index (κ1) is 19.6. The predicted molar refractivity (Wildman–Crippen MR) is 113 cm³/mol. The molecule has 9 heteroatoms. The number of carbonyl (C=O) groups excluding carboxylic acids is 1. The highest BCUT2D eigenvalue weighted by molar-refractivity contribution is 9.10. The molecule has 1 saturated heterocycles. The van der Waals surface area contributed by atoms with Crippen molar-refractivity contribution in [2.75, 3.05) is 23.3 Å². The average Bonchev–Trinajstić information content (AvgIpc) is 3.05. The van der Waals surface area contributed by atoms with Crippen LogP contribution in [0.3, 0.4) is 0 Å². The van der Waals surface area contributed by atoms with E-state index in [1.165, 1.54) is 0 Å². The molecule has 4 heterocycles. The number of aromatic amines is 1. The summed E-state index contributed by atoms with van der Waals surface area (Å²) in [5, 5.41) is 3.82. The van der Waals surface area contributed by atoms with Crippen molar-refractivity contribution < 1.29 is 4.79 Å². The summed E-state index contributed by atoms with van der Waals surface area (Å²) in [7, 11) is 0. The molecule has 1 atom stereocenters. The third-order valence-corrected chi connectivity index (χ3v) is 5.13. The molecule has 1 amide bonds. The number of halogens is 2. The summed E-state index contributed by atoms with van der Waals surface area (Å²) in [5.41, 5.74) is 8.94. The van der Waals surface area contributed by atoms with E-state index in [9.17, 15) is 4.79 Å². The smallest absolute Gasteiger partial charge is 0.274 e. The molecule has 1 aliphatic heterocycles. The summed E-state index contributed by atoms with van der Waals surface area (Å²) in [6.07, 6.45) is 7.20. The molecule has 142 valence electrons. The lowest BCUT2D eigenvalue weighted by Gasteiger charge is -2.33. The fourth-order valence-corrected chi connectivity index (χ4v) is 3.91. The van der Waals surface area contributed by atoms with Crippen molar-refractivity contribution in [2.45, 2.75) is 18.9 Å². The first-order chi connectivity index (χ1) is 12.6. The van der Waals surface area contributed by atoms with Crippen molar-refractivity contribution in [1.29, 1.82) is 0 Å². The number of rotatable bonds is 3. The number of pyridine rings is 2. The first-order valence-corrected chi connectivity index (χ1v) is 9.31. The highest BCUT2D eigenvalue weighted by atomic mass is 79.9. The second-order valence-electron chi connectivity index (χ2n) is 6.40. The van der Waals surface area contributed by atoms with Crippen molar-refractivity contribution in [2.24, 2.45) is 5.73 Å². The van der Waals surface area contributed by atoms with Crippen molar-refractivity contribution in [3.8, 4) is 0 Å². The third-order valence-electron chi connectivity index (χ3n) is 4.55. The predicted octanol–water partition coefficient (Wildman–Crippen LogP) is 3.32. The molecule has 0 spiro atoms. The van der Waals surface area contributed by atoms with Crippen LogP contribution in [-0.2, 0) is 0 Å². The largest absolute Gasteiger partial charge is 0.368 e. The number of hydrogen-bond donors (Lipinski definition) is 3. The quantitative estimate of drug-likeness (QED) is 0.567. The molecule has 4 N–H and O–H groups in total. The maximum atomic E-state index is 12.5. The van der Waals surface area contributed by atoms with Crippen molar-refractivity contribution in [1.82, 2.24) is 15.0 Å². The molecule has 0 aromatic carbocycles. The maximum Gasteiger partial charge on any atom is 0.274 e. The summed E-state index contributed by atoms with van der Waals surface area (Å²) in [6.45, 7) is 1.70. The summed E-state index contributed by atoms with van der Waals surface area (Å²) in [4.78, 5) is 26.5. The minimum Gasteiger partial charge on any atom is -0.368 e. The Kier molecular flexibility index (Phi) is 5.98. The molecule has 1 unspecified atom stereocenters. The molecule has 3 aromatic heterocycles. The number of H-pyrrole nitrogens is 1. The SMILES string of the molecule is Cl.NC1CCCN(c2c(Br)cnc3[nH]cc(NC(=O)c4ccccn4)c23)C1. The fraction of sp³-hybridized carbons (Fsp3) is 0.278. The Hall–Kier alpha value is -2.16. The molecule has 0 radical (unpaired) electrons. The monoisotopic (exact) mass is 450 g/mol. The molecule has 27 heavy (non-hydrogen) atoms. The Labute approximate surface area is 171 Å². The van der Waals surface area contributed by atoms with Gasteiger partial charge in [-0.3, -0.25) is 9.78 Å². The van der Waals surface area contributed by atoms with Gasteiger partial charge in [0, 0.05) is 37.7 Å². The number of nitrogens with two attached hydrogens (primary N) is 1. The first-order valence-electron chi connectivity index (χ1n) is 8.52. The van der Waals surface area contributed by atoms with Gasteiger partial charge in [0.15, 0.2) is 0 Å². The standard InChI is InChI=1S/C18H19BrN6O.ClH/c19-12-8-22-17-15(16(12)25-7-3-4-11(20)10-25)14(9-23-17)24-18(26)13-5-1-2-6-21-13;/h1-2,5-6,8-9,11H,3-4,7,10,20H2,(H,22,23)(H,24,26);1H. The van der Waals surface area contributed by atoms with E-state index < -0.39 is 0 Å². The molecule has 0 saturated carbocycles. The van der Waals surface area contributed by atoms with Crippen LogP contribution in [0.1, 0.15) is 23.3 Å². The van der Waals surface area contributed by atoms with Gasteiger partial charge in [-0.25, -0.2) is 4.98 Å². The number of hydrogen-bond acceptors (Lipinski definition) is 5. The van der Waals surface area contributed by atoms with Gasteiger partial charge in [0.1, 0.15) is 11.3 Å². The van der Waals surface area contributed by atoms with Crippen LogP contribution < -0.4 is 16.0 Å². The van der Waals surface area contributed by atoms with Crippen LogP contribution >= 0.6 is 28.3 Å². The van der Waals surface area contributed by atoms with Crippen LogP contribution in [0.15, 0.2) is 41.3 Å². The average molecular weight is 452 g/mol. The lowest BCUT2D eigenvalue weighted by atomic mass is 10.1. The van der Waals surface area contributed by atoms with Crippen molar-refractivity contribution in [3.63, 3.8) is 0 Å². The Morgan fingerprint density at radius 2 is 2.22 bits per heavy atom. The van der Waals surface area contributed by atoms with Crippen LogP contribution in [-0.4, -0.2) is 40.0 Å². The van der Waals surface area contributed by atoms with Gasteiger partial charge in [0.25, 0.3) is 5.91 Å². The normalized spacial score (nSPS) is 16.8. The highest BCUT2D eigenvalue weighted by Crippen LogP contribution is 2.38. The lowest BCUT2D eigenvalue weighted by molar-refractivity contribution is 0.102. The Bertz CT molecular complexity index is 948. The lowest BCUT2D eigenvalue weighted by Crippen LogP contribution is -2.43. The zero-order chi connectivity index (χ0) is 18.1. The summed E-state index contributed by atoms with van der Waals surface area (Å²) in [6, 6.07) is 5.39. The minimum atomic E-state index is -0.257. The number of aromatic nitrogens is 3. The van der Waals surface area contributed by atoms with Crippen LogP contribution in [0.25, 0.3) is 11.0 Å². The number of fused-ring (bicyclic) bond motifs is 1. The van der Waals surface area contributed by atoms with Crippen LogP contribution in [0.5, 0.6) is 0 Å². The van der Waals surface area contributed by atoms with E-state index in [1.54, 1.807) is 36.8 Å². The van der Waals surface area contributed by atoms with E-state index in [0.717, 1.165) is 47.1 Å². The van der Waals surface area contributed by atoms with Gasteiger partial charge in [-0.2, -0.15) is 0 Å². The van der Waals surface area contributed by atoms with Crippen LogP contribution in [0.4, 0.5) is 11.4 Å². The molecule has 7 nitrogen and oxygen atoms in total. The molecule has 0 bridgehead atoms. The van der Waals surface area contributed by atoms with E-state index >= 15 is 0 Å². The van der Waals surface area contributed by atoms with E-state index in [0.29, 0.717) is 11.4 Å². The zero-order valence-electron chi connectivity index (χ0n) is 14.5. The molecule has 1 fully saturated rings. The van der Waals surface area contributed by atoms with E-state index in [-0.39, 0.29) is 24.4 Å². The van der Waals surface area contributed by atoms with Gasteiger partial charge in [-0.1, -0.05) is 6.07 Å². The summed E-state index contributed by atoms with van der Waals surface area (Å²) in [5.74, 6) is -0.257. The van der Waals surface area contributed by atoms with Gasteiger partial charge in [0.2, 0.25) is 0 Å². The van der Waals surface area contributed by atoms with Crippen LogP contribution in [0.2, 0.25) is 0 Å². The summed E-state index contributed by atoms with van der Waals surface area (Å²) >= 11 is 3.62. The number of nitrogens with zero attached hydrogens (tertiary/aromatic N) is 3. The Morgan fingerprint density at radius 3 is 2.96 bits per heavy atom. The maximum absolute atomic E-state index is 12.5. The van der Waals surface area contributed by atoms with E-state index in [4.69, 9.17) is 5.73 Å². The second-order valence-corrected chi connectivity index (χ2v) is 7.25. The topological polar surface area (TPSA) is 99.9 Å². The highest BCUT2D eigenvalue weighted by Gasteiger charge is 2.24. The molecule has 3 aromatic rings. The number of nitrogens with one attached hydrogen (secondary N) is 2. The van der Waals surface area contributed by atoms with Crippen molar-refractivity contribution in [3.05, 3.63) is 47.0 Å². The molecular formula is C18H20BrClN6O. The minimum absolute atomic E-state index is 0. The van der Waals surface area contributed by atoms with Gasteiger partial charge in [0.05, 0.1) is 21.2 Å². The third kappa shape index (κ3) is 3.92. The van der Waals surface area contributed by atoms with Gasteiger partial charge < -0.3 is 20.9 Å². The number of piperidine rings is 1. The summed E-state index contributed by atoms with van der Waals surface area (Å²) < 4.78 is 0.882. The van der Waals surface area contributed by atoms with Crippen LogP contribution in [0, 0.1) is 0 Å². The number of amides is 1. The fourth-order valence-electron chi connectivity index (χ4n) is 3.36. The Morgan fingerprint density at radius 1 is 1.37 bits per heavy atom. The molecule has 1 aliphatic rings. The van der Waals surface area contributed by atoms with Crippen molar-refractivity contribution >= 4 is 56.7 Å². The molecule has 4 rings (SSSR count). The van der Waals surface area contributed by atoms with E-state index in [1.807, 2.05) is 0 Å². The number of anilines is 2. The van der Waals surface area contributed by atoms with Gasteiger partial charge in [-0.05, 0) is 40.9 Å². The molecular weight excluding hydrogens is 432 g/mol.